The van der Waals surface area contributed by atoms with Crippen molar-refractivity contribution in [3.05, 3.63) is 40.5 Å². The van der Waals surface area contributed by atoms with E-state index in [9.17, 15) is 0 Å². The lowest BCUT2D eigenvalue weighted by Gasteiger charge is -2.01. The molecule has 2 heterocycles. The second-order valence-corrected chi connectivity index (χ2v) is 6.22. The zero-order valence-corrected chi connectivity index (χ0v) is 12.7. The van der Waals surface area contributed by atoms with Gasteiger partial charge < -0.3 is 5.73 Å². The van der Waals surface area contributed by atoms with Gasteiger partial charge in [-0.25, -0.2) is 9.50 Å². The minimum atomic E-state index is 0.438. The molecular formula is C15H18N4S. The first-order valence-electron chi connectivity index (χ1n) is 6.75. The molecule has 0 saturated carbocycles. The van der Waals surface area contributed by atoms with E-state index in [1.807, 2.05) is 4.52 Å². The molecule has 0 saturated heterocycles. The molecule has 0 amide bonds. The minimum Gasteiger partial charge on any atom is -0.326 e. The lowest BCUT2D eigenvalue weighted by molar-refractivity contribution is 0.793. The van der Waals surface area contributed by atoms with Gasteiger partial charge in [-0.1, -0.05) is 49.4 Å². The van der Waals surface area contributed by atoms with Crippen molar-refractivity contribution in [3.63, 3.8) is 0 Å². The highest BCUT2D eigenvalue weighted by molar-refractivity contribution is 7.16. The number of hydrogen-bond acceptors (Lipinski definition) is 4. The van der Waals surface area contributed by atoms with Crippen LogP contribution in [0.1, 0.15) is 36.0 Å². The lowest BCUT2D eigenvalue weighted by Crippen LogP contribution is -1.96. The molecule has 2 aromatic heterocycles. The van der Waals surface area contributed by atoms with Crippen LogP contribution in [-0.2, 0) is 6.54 Å². The van der Waals surface area contributed by atoms with Gasteiger partial charge in [0.15, 0.2) is 0 Å². The number of hydrogen-bond donors (Lipinski definition) is 1. The third kappa shape index (κ3) is 2.13. The van der Waals surface area contributed by atoms with Crippen molar-refractivity contribution in [2.24, 2.45) is 5.73 Å². The zero-order chi connectivity index (χ0) is 14.3. The molecule has 0 aliphatic carbocycles. The van der Waals surface area contributed by atoms with Gasteiger partial charge in [0.2, 0.25) is 4.96 Å². The van der Waals surface area contributed by atoms with E-state index in [2.05, 4.69) is 50.1 Å². The van der Waals surface area contributed by atoms with Crippen LogP contribution in [0.5, 0.6) is 0 Å². The number of benzene rings is 1. The molecule has 3 aromatic rings. The molecule has 20 heavy (non-hydrogen) atoms. The summed E-state index contributed by atoms with van der Waals surface area (Å²) in [5.74, 6) is 0.438. The summed E-state index contributed by atoms with van der Waals surface area (Å²) in [5.41, 5.74) is 9.97. The molecule has 0 atom stereocenters. The highest BCUT2D eigenvalue weighted by Gasteiger charge is 2.15. The topological polar surface area (TPSA) is 56.2 Å². The standard InChI is InChI=1S/C15H18N4S/c1-9(2)14-18-19-10(3)13(17-15(19)20-14)12-6-4-11(8-16)5-7-12/h4-7,9H,8,16H2,1-3H3. The van der Waals surface area contributed by atoms with E-state index in [0.29, 0.717) is 12.5 Å². The Balaban J connectivity index is 2.07. The zero-order valence-electron chi connectivity index (χ0n) is 11.9. The maximum absolute atomic E-state index is 5.63. The summed E-state index contributed by atoms with van der Waals surface area (Å²) < 4.78 is 1.95. The fourth-order valence-electron chi connectivity index (χ4n) is 2.17. The number of imidazole rings is 1. The van der Waals surface area contributed by atoms with Crippen LogP contribution >= 0.6 is 11.3 Å². The second kappa shape index (κ2) is 5.00. The van der Waals surface area contributed by atoms with Gasteiger partial charge in [-0.2, -0.15) is 5.10 Å². The molecule has 0 aliphatic rings. The molecule has 0 bridgehead atoms. The molecule has 3 rings (SSSR count). The number of nitrogens with two attached hydrogens (primary N) is 1. The van der Waals surface area contributed by atoms with E-state index in [4.69, 9.17) is 10.7 Å². The van der Waals surface area contributed by atoms with Crippen molar-refractivity contribution in [3.8, 4) is 11.3 Å². The summed E-state index contributed by atoms with van der Waals surface area (Å²) in [7, 11) is 0. The lowest BCUT2D eigenvalue weighted by atomic mass is 10.1. The van der Waals surface area contributed by atoms with Crippen LogP contribution in [0.2, 0.25) is 0 Å². The van der Waals surface area contributed by atoms with Gasteiger partial charge >= 0.3 is 0 Å². The van der Waals surface area contributed by atoms with Gasteiger partial charge in [0.25, 0.3) is 0 Å². The first kappa shape index (κ1) is 13.3. The smallest absolute Gasteiger partial charge is 0.212 e. The molecule has 0 fully saturated rings. The van der Waals surface area contributed by atoms with Crippen molar-refractivity contribution in [2.75, 3.05) is 0 Å². The van der Waals surface area contributed by atoms with Crippen LogP contribution < -0.4 is 5.73 Å². The molecule has 0 aliphatic heterocycles. The molecule has 1 aromatic carbocycles. The summed E-state index contributed by atoms with van der Waals surface area (Å²) in [4.78, 5) is 5.69. The van der Waals surface area contributed by atoms with Crippen LogP contribution in [0.4, 0.5) is 0 Å². The maximum Gasteiger partial charge on any atom is 0.212 e. The molecular weight excluding hydrogens is 268 g/mol. The summed E-state index contributed by atoms with van der Waals surface area (Å²) in [6.07, 6.45) is 0. The largest absolute Gasteiger partial charge is 0.326 e. The van der Waals surface area contributed by atoms with Crippen LogP contribution in [-0.4, -0.2) is 14.6 Å². The third-order valence-electron chi connectivity index (χ3n) is 3.40. The molecule has 2 N–H and O–H groups in total. The SMILES string of the molecule is Cc1c(-c2ccc(CN)cc2)nc2sc(C(C)C)nn12. The highest BCUT2D eigenvalue weighted by Crippen LogP contribution is 2.28. The predicted octanol–water partition coefficient (Wildman–Crippen LogP) is 3.35. The Morgan fingerprint density at radius 2 is 1.95 bits per heavy atom. The molecule has 0 spiro atoms. The fraction of sp³-hybridized carbons (Fsp3) is 0.333. The Labute approximate surface area is 122 Å². The number of nitrogens with zero attached hydrogens (tertiary/aromatic N) is 3. The Bertz CT molecular complexity index is 737. The van der Waals surface area contributed by atoms with Gasteiger partial charge in [-0.3, -0.25) is 0 Å². The van der Waals surface area contributed by atoms with Gasteiger partial charge in [-0.05, 0) is 12.5 Å². The van der Waals surface area contributed by atoms with Crippen LogP contribution in [0.15, 0.2) is 24.3 Å². The fourth-order valence-corrected chi connectivity index (χ4v) is 3.12. The third-order valence-corrected chi connectivity index (χ3v) is 4.61. The number of fused-ring (bicyclic) bond motifs is 1. The summed E-state index contributed by atoms with van der Waals surface area (Å²) in [6.45, 7) is 6.94. The Hall–Kier alpha value is -1.72. The summed E-state index contributed by atoms with van der Waals surface area (Å²) >= 11 is 1.66. The number of rotatable bonds is 3. The highest BCUT2D eigenvalue weighted by atomic mass is 32.1. The number of aryl methyl sites for hydroxylation is 1. The molecule has 104 valence electrons. The predicted molar refractivity (Wildman–Crippen MR) is 83.0 cm³/mol. The summed E-state index contributed by atoms with van der Waals surface area (Å²) in [5, 5.41) is 5.77. The van der Waals surface area contributed by atoms with E-state index in [1.165, 1.54) is 0 Å². The Morgan fingerprint density at radius 3 is 2.50 bits per heavy atom. The average Bonchev–Trinajstić information content (AvgIpc) is 2.99. The van der Waals surface area contributed by atoms with Crippen molar-refractivity contribution in [2.45, 2.75) is 33.2 Å². The van der Waals surface area contributed by atoms with E-state index < -0.39 is 0 Å². The monoisotopic (exact) mass is 286 g/mol. The van der Waals surface area contributed by atoms with Gasteiger partial charge in [0.1, 0.15) is 5.01 Å². The second-order valence-electron chi connectivity index (χ2n) is 5.24. The first-order valence-corrected chi connectivity index (χ1v) is 7.57. The van der Waals surface area contributed by atoms with Crippen LogP contribution in [0.25, 0.3) is 16.2 Å². The number of aromatic nitrogens is 3. The van der Waals surface area contributed by atoms with E-state index >= 15 is 0 Å². The average molecular weight is 286 g/mol. The minimum absolute atomic E-state index is 0.438. The van der Waals surface area contributed by atoms with Crippen LogP contribution in [0, 0.1) is 6.92 Å². The quantitative estimate of drug-likeness (QED) is 0.803. The van der Waals surface area contributed by atoms with E-state index in [1.54, 1.807) is 11.3 Å². The first-order chi connectivity index (χ1) is 9.60. The normalized spacial score (nSPS) is 11.7. The van der Waals surface area contributed by atoms with Gasteiger partial charge in [-0.15, -0.1) is 0 Å². The van der Waals surface area contributed by atoms with Crippen LogP contribution in [0.3, 0.4) is 0 Å². The van der Waals surface area contributed by atoms with Crippen molar-refractivity contribution < 1.29 is 0 Å². The van der Waals surface area contributed by atoms with Crippen molar-refractivity contribution in [1.82, 2.24) is 14.6 Å². The van der Waals surface area contributed by atoms with E-state index in [0.717, 1.165) is 32.5 Å². The van der Waals surface area contributed by atoms with Gasteiger partial charge in [0.05, 0.1) is 11.4 Å². The Kier molecular flexibility index (Phi) is 3.31. The van der Waals surface area contributed by atoms with E-state index in [-0.39, 0.29) is 0 Å². The molecule has 4 nitrogen and oxygen atoms in total. The maximum atomic E-state index is 5.63. The molecule has 0 radical (unpaired) electrons. The van der Waals surface area contributed by atoms with Crippen molar-refractivity contribution >= 4 is 16.3 Å². The summed E-state index contributed by atoms with van der Waals surface area (Å²) in [6, 6.07) is 8.25. The Morgan fingerprint density at radius 1 is 1.25 bits per heavy atom. The molecule has 5 heteroatoms. The molecule has 0 unspecified atom stereocenters. The van der Waals surface area contributed by atoms with Crippen molar-refractivity contribution in [1.29, 1.82) is 0 Å². The van der Waals surface area contributed by atoms with Gasteiger partial charge in [0, 0.05) is 18.0 Å².